The Morgan fingerprint density at radius 1 is 1.35 bits per heavy atom. The quantitative estimate of drug-likeness (QED) is 0.549. The van der Waals surface area contributed by atoms with Crippen LogP contribution in [-0.2, 0) is 24.2 Å². The maximum absolute atomic E-state index is 12.1. The number of carbonyl (C=O) groups is 3. The molecule has 1 N–H and O–H groups in total. The zero-order valence-corrected chi connectivity index (χ0v) is 16.2. The molecule has 0 aromatic heterocycles. The number of ketones is 1. The number of ether oxygens (including phenoxy) is 1. The third kappa shape index (κ3) is 6.14. The van der Waals surface area contributed by atoms with Crippen molar-refractivity contribution in [2.24, 2.45) is 0 Å². The van der Waals surface area contributed by atoms with E-state index in [1.165, 1.54) is 25.6 Å². The van der Waals surface area contributed by atoms with Gasteiger partial charge in [-0.2, -0.15) is 0 Å². The Balaban J connectivity index is 1.80. The van der Waals surface area contributed by atoms with Gasteiger partial charge in [0, 0.05) is 16.5 Å². The van der Waals surface area contributed by atoms with Gasteiger partial charge in [0.1, 0.15) is 0 Å². The SMILES string of the molecule is CC(=O)c1cccc(NC(=O)[C@H](C)OC(=O)CS[C@H]2CCS(=O)(=O)C2)c1. The molecule has 1 heterocycles. The average molecular weight is 399 g/mol. The number of esters is 1. The molecule has 142 valence electrons. The van der Waals surface area contributed by atoms with Gasteiger partial charge in [0.25, 0.3) is 5.91 Å². The molecule has 1 fully saturated rings. The lowest BCUT2D eigenvalue weighted by Crippen LogP contribution is -2.30. The van der Waals surface area contributed by atoms with Crippen molar-refractivity contribution in [2.45, 2.75) is 31.6 Å². The van der Waals surface area contributed by atoms with Gasteiger partial charge in [-0.3, -0.25) is 14.4 Å². The van der Waals surface area contributed by atoms with E-state index in [1.807, 2.05) is 0 Å². The van der Waals surface area contributed by atoms with E-state index in [1.54, 1.807) is 24.3 Å². The van der Waals surface area contributed by atoms with Crippen molar-refractivity contribution < 1.29 is 27.5 Å². The molecule has 0 aliphatic carbocycles. The zero-order valence-electron chi connectivity index (χ0n) is 14.6. The molecule has 9 heteroatoms. The second-order valence-electron chi connectivity index (χ2n) is 6.09. The van der Waals surface area contributed by atoms with Crippen LogP contribution >= 0.6 is 11.8 Å². The van der Waals surface area contributed by atoms with Gasteiger partial charge < -0.3 is 10.1 Å². The molecule has 1 aliphatic heterocycles. The van der Waals surface area contributed by atoms with Crippen LogP contribution in [0.25, 0.3) is 0 Å². The minimum Gasteiger partial charge on any atom is -0.452 e. The van der Waals surface area contributed by atoms with Crippen molar-refractivity contribution in [3.8, 4) is 0 Å². The lowest BCUT2D eigenvalue weighted by Gasteiger charge is -2.14. The van der Waals surface area contributed by atoms with Crippen LogP contribution in [0.2, 0.25) is 0 Å². The van der Waals surface area contributed by atoms with E-state index in [9.17, 15) is 22.8 Å². The summed E-state index contributed by atoms with van der Waals surface area (Å²) in [5.41, 5.74) is 0.909. The first-order valence-electron chi connectivity index (χ1n) is 8.09. The molecule has 1 aliphatic rings. The molecule has 0 saturated carbocycles. The molecule has 0 unspecified atom stereocenters. The number of Topliss-reactive ketones (excluding diaryl/α,β-unsaturated/α-hetero) is 1. The summed E-state index contributed by atoms with van der Waals surface area (Å²) in [6.45, 7) is 2.88. The zero-order chi connectivity index (χ0) is 19.3. The second-order valence-corrected chi connectivity index (χ2v) is 9.61. The lowest BCUT2D eigenvalue weighted by atomic mass is 10.1. The lowest BCUT2D eigenvalue weighted by molar-refractivity contribution is -0.150. The number of hydrogen-bond acceptors (Lipinski definition) is 7. The second kappa shape index (κ2) is 8.68. The summed E-state index contributed by atoms with van der Waals surface area (Å²) in [6, 6.07) is 6.47. The van der Waals surface area contributed by atoms with Crippen molar-refractivity contribution in [1.82, 2.24) is 0 Å². The van der Waals surface area contributed by atoms with Gasteiger partial charge >= 0.3 is 5.97 Å². The van der Waals surface area contributed by atoms with Crippen molar-refractivity contribution in [3.63, 3.8) is 0 Å². The summed E-state index contributed by atoms with van der Waals surface area (Å²) in [6.07, 6.45) is -0.473. The van der Waals surface area contributed by atoms with E-state index in [-0.39, 0.29) is 28.3 Å². The summed E-state index contributed by atoms with van der Waals surface area (Å²) >= 11 is 1.23. The molecule has 2 rings (SSSR count). The topological polar surface area (TPSA) is 107 Å². The Kier molecular flexibility index (Phi) is 6.82. The molecular weight excluding hydrogens is 378 g/mol. The average Bonchev–Trinajstić information content (AvgIpc) is 2.92. The molecular formula is C17H21NO6S2. The molecule has 1 saturated heterocycles. The highest BCUT2D eigenvalue weighted by molar-refractivity contribution is 8.02. The summed E-state index contributed by atoms with van der Waals surface area (Å²) in [5.74, 6) is -0.971. The largest absolute Gasteiger partial charge is 0.452 e. The summed E-state index contributed by atoms with van der Waals surface area (Å²) in [4.78, 5) is 35.3. The first-order valence-corrected chi connectivity index (χ1v) is 11.0. The predicted octanol–water partition coefficient (Wildman–Crippen LogP) is 1.68. The summed E-state index contributed by atoms with van der Waals surface area (Å²) < 4.78 is 27.9. The highest BCUT2D eigenvalue weighted by Crippen LogP contribution is 2.24. The van der Waals surface area contributed by atoms with E-state index in [0.29, 0.717) is 17.7 Å². The molecule has 0 radical (unpaired) electrons. The van der Waals surface area contributed by atoms with Crippen LogP contribution in [0.5, 0.6) is 0 Å². The van der Waals surface area contributed by atoms with Gasteiger partial charge in [-0.25, -0.2) is 8.42 Å². The fourth-order valence-electron chi connectivity index (χ4n) is 2.42. The monoisotopic (exact) mass is 399 g/mol. The number of rotatable bonds is 7. The van der Waals surface area contributed by atoms with E-state index in [0.717, 1.165) is 0 Å². The third-order valence-corrected chi connectivity index (χ3v) is 7.10. The molecule has 0 spiro atoms. The number of benzene rings is 1. The van der Waals surface area contributed by atoms with Gasteiger partial charge in [-0.1, -0.05) is 12.1 Å². The highest BCUT2D eigenvalue weighted by Gasteiger charge is 2.29. The van der Waals surface area contributed by atoms with Crippen LogP contribution in [0.15, 0.2) is 24.3 Å². The first kappa shape index (κ1) is 20.4. The minimum atomic E-state index is -2.99. The Bertz CT molecular complexity index is 805. The van der Waals surface area contributed by atoms with E-state index in [4.69, 9.17) is 4.74 Å². The van der Waals surface area contributed by atoms with E-state index < -0.39 is 27.8 Å². The Labute approximate surface area is 156 Å². The molecule has 1 aromatic rings. The number of amides is 1. The number of sulfone groups is 1. The Morgan fingerprint density at radius 3 is 2.69 bits per heavy atom. The van der Waals surface area contributed by atoms with Crippen molar-refractivity contribution in [2.75, 3.05) is 22.6 Å². The number of nitrogens with one attached hydrogen (secondary N) is 1. The molecule has 1 aromatic carbocycles. The van der Waals surface area contributed by atoms with E-state index >= 15 is 0 Å². The van der Waals surface area contributed by atoms with Crippen LogP contribution in [-0.4, -0.2) is 54.7 Å². The molecule has 0 bridgehead atoms. The van der Waals surface area contributed by atoms with Crippen LogP contribution in [0.4, 0.5) is 5.69 Å². The minimum absolute atomic E-state index is 0.00235. The van der Waals surface area contributed by atoms with Crippen molar-refractivity contribution in [3.05, 3.63) is 29.8 Å². The van der Waals surface area contributed by atoms with Gasteiger partial charge in [-0.05, 0) is 32.4 Å². The van der Waals surface area contributed by atoms with Gasteiger partial charge in [0.15, 0.2) is 21.7 Å². The van der Waals surface area contributed by atoms with Gasteiger partial charge in [-0.15, -0.1) is 11.8 Å². The number of anilines is 1. The Morgan fingerprint density at radius 2 is 2.08 bits per heavy atom. The maximum Gasteiger partial charge on any atom is 0.316 e. The first-order chi connectivity index (χ1) is 12.2. The van der Waals surface area contributed by atoms with Crippen LogP contribution in [0.3, 0.4) is 0 Å². The smallest absolute Gasteiger partial charge is 0.316 e. The standard InChI is InChI=1S/C17H21NO6S2/c1-11(19)13-4-3-5-14(8-13)18-17(21)12(2)24-16(20)9-25-15-6-7-26(22,23)10-15/h3-5,8,12,15H,6-7,9-10H2,1-2H3,(H,18,21)/t12-,15-/m0/s1. The number of carbonyl (C=O) groups excluding carboxylic acids is 3. The number of hydrogen-bond donors (Lipinski definition) is 1. The fraction of sp³-hybridized carbons (Fsp3) is 0.471. The van der Waals surface area contributed by atoms with Gasteiger partial charge in [0.05, 0.1) is 17.3 Å². The highest BCUT2D eigenvalue weighted by atomic mass is 32.2. The maximum atomic E-state index is 12.1. The number of thioether (sulfide) groups is 1. The normalized spacial score (nSPS) is 19.5. The van der Waals surface area contributed by atoms with E-state index in [2.05, 4.69) is 5.32 Å². The van der Waals surface area contributed by atoms with Crippen LogP contribution in [0, 0.1) is 0 Å². The van der Waals surface area contributed by atoms with Crippen LogP contribution in [0.1, 0.15) is 30.6 Å². The summed E-state index contributed by atoms with van der Waals surface area (Å²) in [5, 5.41) is 2.49. The van der Waals surface area contributed by atoms with Gasteiger partial charge in [0.2, 0.25) is 0 Å². The van der Waals surface area contributed by atoms with Crippen molar-refractivity contribution >= 4 is 44.9 Å². The van der Waals surface area contributed by atoms with Crippen molar-refractivity contribution in [1.29, 1.82) is 0 Å². The Hall–Kier alpha value is -1.87. The third-order valence-electron chi connectivity index (χ3n) is 3.84. The fourth-order valence-corrected chi connectivity index (χ4v) is 5.85. The summed E-state index contributed by atoms with van der Waals surface area (Å²) in [7, 11) is -2.99. The van der Waals surface area contributed by atoms with Crippen LogP contribution < -0.4 is 5.32 Å². The molecule has 7 nitrogen and oxygen atoms in total. The molecule has 1 amide bonds. The molecule has 26 heavy (non-hydrogen) atoms. The predicted molar refractivity (Wildman–Crippen MR) is 100 cm³/mol. The molecule has 2 atom stereocenters.